The van der Waals surface area contributed by atoms with E-state index in [9.17, 15) is 0 Å². The summed E-state index contributed by atoms with van der Waals surface area (Å²) in [7, 11) is 0. The molecule has 0 unspecified atom stereocenters. The molecule has 8 rings (SSSR count). The van der Waals surface area contributed by atoms with Crippen molar-refractivity contribution in [2.24, 2.45) is 16.7 Å². The highest BCUT2D eigenvalue weighted by atomic mass is 14.9. The molecule has 1 saturated carbocycles. The number of pyridine rings is 2. The van der Waals surface area contributed by atoms with Gasteiger partial charge in [-0.15, -0.1) is 0 Å². The summed E-state index contributed by atoms with van der Waals surface area (Å²) in [5.41, 5.74) is 9.96. The fourth-order valence-electron chi connectivity index (χ4n) is 8.41. The third-order valence-corrected chi connectivity index (χ3v) is 9.95. The molecule has 0 aliphatic heterocycles. The molecule has 0 radical (unpaired) electrons. The Labute approximate surface area is 255 Å². The highest BCUT2D eigenvalue weighted by Gasteiger charge is 2.26. The molecule has 0 atom stereocenters. The molecule has 4 aromatic carbocycles. The molecule has 0 spiro atoms. The first-order chi connectivity index (χ1) is 20.6. The molecule has 0 amide bonds. The Kier molecular flexibility index (Phi) is 5.90. The van der Waals surface area contributed by atoms with E-state index in [1.807, 2.05) is 6.20 Å². The monoisotopic (exact) mass is 564 g/mol. The quantitative estimate of drug-likeness (QED) is 0.153. The first-order valence-corrected chi connectivity index (χ1v) is 16.5. The van der Waals surface area contributed by atoms with Crippen molar-refractivity contribution in [2.45, 2.75) is 86.5 Å². The molecule has 218 valence electrons. The summed E-state index contributed by atoms with van der Waals surface area (Å²) in [6.45, 7) is 14.1. The Morgan fingerprint density at radius 1 is 0.721 bits per heavy atom. The molecule has 3 heterocycles. The number of hydrogen-bond acceptors (Lipinski definition) is 1. The van der Waals surface area contributed by atoms with Gasteiger partial charge in [-0.3, -0.25) is 4.98 Å². The molecule has 43 heavy (non-hydrogen) atoms. The smallest absolute Gasteiger partial charge is 0.0823 e. The minimum Gasteiger partial charge on any atom is -0.308 e. The number of hydrogen-bond donors (Lipinski definition) is 0. The van der Waals surface area contributed by atoms with Gasteiger partial charge in [-0.2, -0.15) is 0 Å². The third-order valence-electron chi connectivity index (χ3n) is 9.95. The van der Waals surface area contributed by atoms with Crippen molar-refractivity contribution in [1.82, 2.24) is 9.38 Å². The molecule has 2 heteroatoms. The molecule has 0 bridgehead atoms. The highest BCUT2D eigenvalue weighted by Crippen LogP contribution is 2.45. The van der Waals surface area contributed by atoms with Gasteiger partial charge in [-0.1, -0.05) is 110 Å². The van der Waals surface area contributed by atoms with Gasteiger partial charge in [-0.25, -0.2) is 0 Å². The standard InChI is InChI=1S/C41H44N2/c1-40(2,3)23-26-14-16-30-29(21-26)22-32-37-36-27(18-19-42-37)15-17-31-35-28(20-25-10-7-8-11-25)12-9-13-34(35)43(39(31)36)38(32)33(30)24-41(4,5)6/h9,12-19,21-22,25H,7-8,10-11,20,23-24H2,1-6H3. The van der Waals surface area contributed by atoms with Gasteiger partial charge in [0.05, 0.1) is 22.1 Å². The predicted octanol–water partition coefficient (Wildman–Crippen LogP) is 11.4. The summed E-state index contributed by atoms with van der Waals surface area (Å²) >= 11 is 0. The van der Waals surface area contributed by atoms with Crippen LogP contribution in [0.4, 0.5) is 0 Å². The van der Waals surface area contributed by atoms with Crippen molar-refractivity contribution in [2.75, 3.05) is 0 Å². The lowest BCUT2D eigenvalue weighted by Crippen LogP contribution is -2.12. The predicted molar refractivity (Wildman–Crippen MR) is 186 cm³/mol. The van der Waals surface area contributed by atoms with Gasteiger partial charge < -0.3 is 4.40 Å². The Morgan fingerprint density at radius 2 is 1.49 bits per heavy atom. The van der Waals surface area contributed by atoms with Crippen LogP contribution in [0, 0.1) is 16.7 Å². The van der Waals surface area contributed by atoms with E-state index in [1.54, 1.807) is 0 Å². The van der Waals surface area contributed by atoms with Crippen LogP contribution in [0.1, 0.15) is 83.9 Å². The second-order valence-corrected chi connectivity index (χ2v) is 16.0. The molecule has 7 aromatic rings. The van der Waals surface area contributed by atoms with Crippen LogP contribution < -0.4 is 0 Å². The number of aromatic nitrogens is 2. The normalized spacial score (nSPS) is 15.5. The van der Waals surface area contributed by atoms with E-state index in [-0.39, 0.29) is 10.8 Å². The maximum Gasteiger partial charge on any atom is 0.0823 e. The molecular weight excluding hydrogens is 520 g/mol. The molecular formula is C41H44N2. The third kappa shape index (κ3) is 4.40. The number of fused-ring (bicyclic) bond motifs is 7. The summed E-state index contributed by atoms with van der Waals surface area (Å²) in [5, 5.41) is 9.44. The van der Waals surface area contributed by atoms with Gasteiger partial charge in [0.15, 0.2) is 0 Å². The maximum absolute atomic E-state index is 5.15. The van der Waals surface area contributed by atoms with Crippen molar-refractivity contribution in [3.63, 3.8) is 0 Å². The number of benzene rings is 4. The second-order valence-electron chi connectivity index (χ2n) is 16.0. The van der Waals surface area contributed by atoms with Crippen LogP contribution in [0.15, 0.2) is 66.9 Å². The Balaban J connectivity index is 1.56. The van der Waals surface area contributed by atoms with E-state index in [4.69, 9.17) is 4.98 Å². The van der Waals surface area contributed by atoms with Crippen LogP contribution in [0.2, 0.25) is 0 Å². The SMILES string of the molecule is CC(C)(C)Cc1ccc2c(CC(C)(C)C)c3c(cc2c1)c1nccc2ccc4c5c(CC6CCCC6)cccc5n3c4c21. The van der Waals surface area contributed by atoms with Crippen LogP contribution >= 0.6 is 0 Å². The molecule has 1 fully saturated rings. The van der Waals surface area contributed by atoms with Gasteiger partial charge >= 0.3 is 0 Å². The van der Waals surface area contributed by atoms with Gasteiger partial charge in [0.1, 0.15) is 0 Å². The average molecular weight is 565 g/mol. The van der Waals surface area contributed by atoms with Crippen LogP contribution in [-0.4, -0.2) is 9.38 Å². The maximum atomic E-state index is 5.15. The van der Waals surface area contributed by atoms with Gasteiger partial charge in [-0.05, 0) is 87.1 Å². The van der Waals surface area contributed by atoms with Crippen LogP contribution in [0.3, 0.4) is 0 Å². The first kappa shape index (κ1) is 26.9. The molecule has 1 aliphatic rings. The second kappa shape index (κ2) is 9.42. The van der Waals surface area contributed by atoms with Crippen molar-refractivity contribution in [3.8, 4) is 0 Å². The largest absolute Gasteiger partial charge is 0.308 e. The minimum absolute atomic E-state index is 0.137. The summed E-state index contributed by atoms with van der Waals surface area (Å²) in [6.07, 6.45) is 10.8. The van der Waals surface area contributed by atoms with Crippen molar-refractivity contribution < 1.29 is 0 Å². The van der Waals surface area contributed by atoms with Crippen LogP contribution in [-0.2, 0) is 19.3 Å². The summed E-state index contributed by atoms with van der Waals surface area (Å²) in [6, 6.07) is 23.7. The average Bonchev–Trinajstić information content (AvgIpc) is 3.57. The van der Waals surface area contributed by atoms with Gasteiger partial charge in [0, 0.05) is 27.7 Å². The fraction of sp³-hybridized carbons (Fsp3) is 0.390. The van der Waals surface area contributed by atoms with Crippen molar-refractivity contribution in [3.05, 3.63) is 83.6 Å². The van der Waals surface area contributed by atoms with Crippen LogP contribution in [0.25, 0.3) is 59.8 Å². The van der Waals surface area contributed by atoms with Crippen molar-refractivity contribution in [1.29, 1.82) is 0 Å². The zero-order chi connectivity index (χ0) is 29.7. The number of nitrogens with zero attached hydrogens (tertiary/aromatic N) is 2. The van der Waals surface area contributed by atoms with Gasteiger partial charge in [0.2, 0.25) is 0 Å². The molecule has 1 aliphatic carbocycles. The molecule has 2 nitrogen and oxygen atoms in total. The highest BCUT2D eigenvalue weighted by molar-refractivity contribution is 6.29. The van der Waals surface area contributed by atoms with E-state index in [0.717, 1.165) is 24.3 Å². The topological polar surface area (TPSA) is 17.3 Å². The van der Waals surface area contributed by atoms with E-state index in [0.29, 0.717) is 0 Å². The fourth-order valence-corrected chi connectivity index (χ4v) is 8.41. The molecule has 0 saturated heterocycles. The molecule has 3 aromatic heterocycles. The van der Waals surface area contributed by atoms with Gasteiger partial charge in [0.25, 0.3) is 0 Å². The summed E-state index contributed by atoms with van der Waals surface area (Å²) < 4.78 is 2.65. The van der Waals surface area contributed by atoms with E-state index in [1.165, 1.54) is 103 Å². The van der Waals surface area contributed by atoms with E-state index < -0.39 is 0 Å². The zero-order valence-corrected chi connectivity index (χ0v) is 26.8. The first-order valence-electron chi connectivity index (χ1n) is 16.5. The minimum atomic E-state index is 0.137. The lowest BCUT2D eigenvalue weighted by molar-refractivity contribution is 0.411. The summed E-state index contributed by atoms with van der Waals surface area (Å²) in [4.78, 5) is 5.15. The Morgan fingerprint density at radius 3 is 2.26 bits per heavy atom. The summed E-state index contributed by atoms with van der Waals surface area (Å²) in [5.74, 6) is 0.807. The van der Waals surface area contributed by atoms with Crippen molar-refractivity contribution >= 4 is 59.8 Å². The zero-order valence-electron chi connectivity index (χ0n) is 26.8. The Hall–Kier alpha value is -3.65. The Bertz CT molecular complexity index is 2170. The van der Waals surface area contributed by atoms with E-state index in [2.05, 4.69) is 107 Å². The number of rotatable bonds is 4. The molecule has 0 N–H and O–H groups in total. The lowest BCUT2D eigenvalue weighted by Gasteiger charge is -2.24. The lowest BCUT2D eigenvalue weighted by atomic mass is 9.83. The van der Waals surface area contributed by atoms with Crippen LogP contribution in [0.5, 0.6) is 0 Å². The van der Waals surface area contributed by atoms with E-state index >= 15 is 0 Å².